The first-order valence-corrected chi connectivity index (χ1v) is 7.29. The molecule has 0 fully saturated rings. The van der Waals surface area contributed by atoms with Crippen molar-refractivity contribution in [2.75, 3.05) is 0 Å². The number of aromatic hydroxyl groups is 2. The molecule has 0 aliphatic heterocycles. The Bertz CT molecular complexity index is 664. The van der Waals surface area contributed by atoms with E-state index >= 15 is 0 Å². The molecular formula is C16H14Cl2O3. The summed E-state index contributed by atoms with van der Waals surface area (Å²) in [6, 6.07) is 9.75. The molecule has 0 bridgehead atoms. The number of hydrogen-bond donors (Lipinski definition) is 2. The van der Waals surface area contributed by atoms with Crippen LogP contribution in [-0.2, 0) is 6.42 Å². The minimum absolute atomic E-state index is 0.104. The quantitative estimate of drug-likeness (QED) is 0.650. The molecule has 2 aromatic carbocycles. The number of alkyl halides is 2. The minimum Gasteiger partial charge on any atom is -0.508 e. The number of carbonyl (C=O) groups excluding carboxylic acids is 1. The van der Waals surface area contributed by atoms with E-state index in [1.54, 1.807) is 24.3 Å². The molecule has 21 heavy (non-hydrogen) atoms. The molecule has 0 unspecified atom stereocenters. The second-order valence-electron chi connectivity index (χ2n) is 4.60. The van der Waals surface area contributed by atoms with Crippen molar-refractivity contribution in [3.63, 3.8) is 0 Å². The molecule has 0 aliphatic rings. The molecule has 0 saturated carbocycles. The first-order valence-electron chi connectivity index (χ1n) is 6.41. The van der Waals surface area contributed by atoms with Gasteiger partial charge in [0.25, 0.3) is 0 Å². The third-order valence-corrected chi connectivity index (χ3v) is 3.62. The molecule has 2 aromatic rings. The molecule has 0 aliphatic carbocycles. The summed E-state index contributed by atoms with van der Waals surface area (Å²) in [6.07, 6.45) is 0.695. The van der Waals surface area contributed by atoms with Gasteiger partial charge in [-0.2, -0.15) is 0 Å². The number of benzene rings is 2. The highest BCUT2D eigenvalue weighted by molar-refractivity contribution is 6.55. The maximum Gasteiger partial charge on any atom is 0.199 e. The van der Waals surface area contributed by atoms with E-state index in [4.69, 9.17) is 23.2 Å². The standard InChI is InChI=1S/C16H14Cl2O3/c1-2-9-7-12(10-3-5-11(19)6-4-10)14(20)13(8-9)15(21)16(17)18/h3-8,16,19-20H,2H2,1H3. The maximum absolute atomic E-state index is 12.0. The fourth-order valence-corrected chi connectivity index (χ4v) is 2.30. The van der Waals surface area contributed by atoms with Crippen molar-refractivity contribution in [2.24, 2.45) is 0 Å². The zero-order valence-electron chi connectivity index (χ0n) is 11.3. The van der Waals surface area contributed by atoms with Gasteiger partial charge in [0.2, 0.25) is 0 Å². The van der Waals surface area contributed by atoms with Crippen LogP contribution in [-0.4, -0.2) is 20.8 Å². The van der Waals surface area contributed by atoms with E-state index in [2.05, 4.69) is 0 Å². The minimum atomic E-state index is -1.23. The predicted octanol–water partition coefficient (Wildman–Crippen LogP) is 4.31. The molecule has 110 valence electrons. The van der Waals surface area contributed by atoms with Crippen molar-refractivity contribution in [3.05, 3.63) is 47.5 Å². The van der Waals surface area contributed by atoms with Crippen molar-refractivity contribution < 1.29 is 15.0 Å². The van der Waals surface area contributed by atoms with Gasteiger partial charge in [0.05, 0.1) is 5.56 Å². The lowest BCUT2D eigenvalue weighted by Gasteiger charge is -2.12. The van der Waals surface area contributed by atoms with Crippen LogP contribution in [0.5, 0.6) is 11.5 Å². The molecule has 2 rings (SSSR count). The molecule has 0 atom stereocenters. The third kappa shape index (κ3) is 3.31. The summed E-state index contributed by atoms with van der Waals surface area (Å²) in [5.41, 5.74) is 2.18. The Kier molecular flexibility index (Phi) is 4.76. The van der Waals surface area contributed by atoms with Crippen LogP contribution >= 0.6 is 23.2 Å². The first-order chi connectivity index (χ1) is 9.93. The highest BCUT2D eigenvalue weighted by atomic mass is 35.5. The molecule has 3 nitrogen and oxygen atoms in total. The second-order valence-corrected chi connectivity index (χ2v) is 5.70. The monoisotopic (exact) mass is 324 g/mol. The normalized spacial score (nSPS) is 10.9. The van der Waals surface area contributed by atoms with Gasteiger partial charge in [0.1, 0.15) is 11.5 Å². The Morgan fingerprint density at radius 2 is 1.76 bits per heavy atom. The van der Waals surface area contributed by atoms with Crippen LogP contribution in [0.15, 0.2) is 36.4 Å². The van der Waals surface area contributed by atoms with Gasteiger partial charge in [0, 0.05) is 5.56 Å². The number of aryl methyl sites for hydroxylation is 1. The number of Topliss-reactive ketones (excluding diaryl/α,β-unsaturated/α-hetero) is 1. The van der Waals surface area contributed by atoms with Gasteiger partial charge in [-0.3, -0.25) is 4.79 Å². The van der Waals surface area contributed by atoms with Gasteiger partial charge < -0.3 is 10.2 Å². The van der Waals surface area contributed by atoms with Crippen LogP contribution in [0, 0.1) is 0 Å². The highest BCUT2D eigenvalue weighted by Gasteiger charge is 2.21. The largest absolute Gasteiger partial charge is 0.508 e. The number of rotatable bonds is 4. The fraction of sp³-hybridized carbons (Fsp3) is 0.188. The zero-order valence-corrected chi connectivity index (χ0v) is 12.8. The van der Waals surface area contributed by atoms with Crippen molar-refractivity contribution in [2.45, 2.75) is 18.2 Å². The average Bonchev–Trinajstić information content (AvgIpc) is 2.47. The lowest BCUT2D eigenvalue weighted by Crippen LogP contribution is -2.09. The lowest BCUT2D eigenvalue weighted by atomic mass is 9.95. The third-order valence-electron chi connectivity index (χ3n) is 3.22. The number of phenols is 2. The summed E-state index contributed by atoms with van der Waals surface area (Å²) in [5, 5.41) is 19.7. The van der Waals surface area contributed by atoms with Crippen molar-refractivity contribution >= 4 is 29.0 Å². The molecule has 2 N–H and O–H groups in total. The van der Waals surface area contributed by atoms with E-state index in [9.17, 15) is 15.0 Å². The predicted molar refractivity (Wildman–Crippen MR) is 84.4 cm³/mol. The van der Waals surface area contributed by atoms with Crippen LogP contribution in [0.4, 0.5) is 0 Å². The summed E-state index contributed by atoms with van der Waals surface area (Å²) >= 11 is 11.2. The van der Waals surface area contributed by atoms with Crippen LogP contribution in [0.3, 0.4) is 0 Å². The van der Waals surface area contributed by atoms with Crippen LogP contribution in [0.25, 0.3) is 11.1 Å². The summed E-state index contributed by atoms with van der Waals surface area (Å²) in [5.74, 6) is -0.567. The van der Waals surface area contributed by atoms with E-state index in [0.717, 1.165) is 5.56 Å². The zero-order chi connectivity index (χ0) is 15.6. The lowest BCUT2D eigenvalue weighted by molar-refractivity contribution is 0.100. The number of carbonyl (C=O) groups is 1. The first kappa shape index (κ1) is 15.7. The molecule has 5 heteroatoms. The molecule has 0 amide bonds. The number of hydrogen-bond acceptors (Lipinski definition) is 3. The van der Waals surface area contributed by atoms with Gasteiger partial charge in [-0.05, 0) is 41.8 Å². The fourth-order valence-electron chi connectivity index (χ4n) is 2.06. The van der Waals surface area contributed by atoms with Crippen LogP contribution in [0.2, 0.25) is 0 Å². The smallest absolute Gasteiger partial charge is 0.199 e. The molecular weight excluding hydrogens is 311 g/mol. The van der Waals surface area contributed by atoms with E-state index in [0.29, 0.717) is 17.5 Å². The second kappa shape index (κ2) is 6.37. The van der Waals surface area contributed by atoms with E-state index < -0.39 is 10.6 Å². The maximum atomic E-state index is 12.0. The SMILES string of the molecule is CCc1cc(C(=O)C(Cl)Cl)c(O)c(-c2ccc(O)cc2)c1. The summed E-state index contributed by atoms with van der Waals surface area (Å²) in [4.78, 5) is 10.8. The van der Waals surface area contributed by atoms with Crippen LogP contribution in [0.1, 0.15) is 22.8 Å². The molecule has 0 saturated heterocycles. The van der Waals surface area contributed by atoms with Crippen molar-refractivity contribution in [1.82, 2.24) is 0 Å². The van der Waals surface area contributed by atoms with Gasteiger partial charge in [-0.15, -0.1) is 0 Å². The Balaban J connectivity index is 2.63. The Morgan fingerprint density at radius 3 is 2.29 bits per heavy atom. The summed E-state index contributed by atoms with van der Waals surface area (Å²) < 4.78 is 0. The summed E-state index contributed by atoms with van der Waals surface area (Å²) in [6.45, 7) is 1.94. The summed E-state index contributed by atoms with van der Waals surface area (Å²) in [7, 11) is 0. The van der Waals surface area contributed by atoms with Crippen molar-refractivity contribution in [3.8, 4) is 22.6 Å². The van der Waals surface area contributed by atoms with Gasteiger partial charge in [-0.1, -0.05) is 42.3 Å². The molecule has 0 heterocycles. The van der Waals surface area contributed by atoms with Gasteiger partial charge in [0.15, 0.2) is 10.6 Å². The topological polar surface area (TPSA) is 57.5 Å². The Morgan fingerprint density at radius 1 is 1.14 bits per heavy atom. The van der Waals surface area contributed by atoms with Gasteiger partial charge in [-0.25, -0.2) is 0 Å². The Labute approximate surface area is 132 Å². The Hall–Kier alpha value is -1.71. The molecule has 0 radical (unpaired) electrons. The number of phenolic OH excluding ortho intramolecular Hbond substituents is 2. The van der Waals surface area contributed by atoms with E-state index in [1.807, 2.05) is 6.92 Å². The number of ketones is 1. The van der Waals surface area contributed by atoms with Crippen LogP contribution < -0.4 is 0 Å². The molecule has 0 aromatic heterocycles. The molecule has 0 spiro atoms. The van der Waals surface area contributed by atoms with Crippen molar-refractivity contribution in [1.29, 1.82) is 0 Å². The average molecular weight is 325 g/mol. The highest BCUT2D eigenvalue weighted by Crippen LogP contribution is 2.35. The van der Waals surface area contributed by atoms with E-state index in [-0.39, 0.29) is 17.1 Å². The number of halogens is 2. The van der Waals surface area contributed by atoms with E-state index in [1.165, 1.54) is 12.1 Å². The van der Waals surface area contributed by atoms with Gasteiger partial charge >= 0.3 is 0 Å².